The minimum Gasteiger partial charge on any atom is -0.457 e. The zero-order valence-electron chi connectivity index (χ0n) is 34.3. The summed E-state index contributed by atoms with van der Waals surface area (Å²) in [7, 11) is 0. The predicted octanol–water partition coefficient (Wildman–Crippen LogP) is 14.7. The van der Waals surface area contributed by atoms with Crippen LogP contribution >= 0.6 is 0 Å². The van der Waals surface area contributed by atoms with Crippen LogP contribution in [0.15, 0.2) is 140 Å². The molecule has 0 saturated heterocycles. The normalized spacial score (nSPS) is 12.8. The number of nitrogens with zero attached hydrogens (tertiary/aromatic N) is 4. The Morgan fingerprint density at radius 2 is 1.29 bits per heavy atom. The van der Waals surface area contributed by atoms with Gasteiger partial charge < -0.3 is 14.5 Å². The summed E-state index contributed by atoms with van der Waals surface area (Å²) in [6.45, 7) is 16.2. The number of hydrogen-bond acceptors (Lipinski definition) is 4. The molecule has 290 valence electrons. The summed E-state index contributed by atoms with van der Waals surface area (Å²) in [5.41, 5.74) is 13.5. The number of anilines is 4. The van der Waals surface area contributed by atoms with E-state index in [2.05, 4.69) is 166 Å². The number of aromatic nitrogens is 2. The largest absolute Gasteiger partial charge is 0.457 e. The van der Waals surface area contributed by atoms with Crippen molar-refractivity contribution in [2.75, 3.05) is 16.5 Å². The first-order chi connectivity index (χ1) is 28.0. The average Bonchev–Trinajstić information content (AvgIpc) is 3.76. The number of para-hydroxylation sites is 3. The zero-order valence-corrected chi connectivity index (χ0v) is 34.3. The first-order valence-electron chi connectivity index (χ1n) is 20.4. The van der Waals surface area contributed by atoms with E-state index in [-0.39, 0.29) is 23.6 Å². The van der Waals surface area contributed by atoms with Crippen molar-refractivity contribution in [2.45, 2.75) is 66.2 Å². The summed E-state index contributed by atoms with van der Waals surface area (Å²) in [5.74, 6) is 2.98. The third-order valence-electron chi connectivity index (χ3n) is 11.5. The SMILES string of the molecule is Cc1ccnc(-n2c3ccccc3c3ccc(Oc4cc(C(C)C)cc(N5CN(c6c(C(C)C)cc(-c7cccc(F)c7)cc6C(C)C)c6ccccc65)c4)cc32)c1. The van der Waals surface area contributed by atoms with Crippen molar-refractivity contribution in [1.29, 1.82) is 0 Å². The number of benzene rings is 6. The van der Waals surface area contributed by atoms with Crippen molar-refractivity contribution >= 4 is 44.6 Å². The Hall–Kier alpha value is -6.40. The van der Waals surface area contributed by atoms with Crippen molar-refractivity contribution in [3.05, 3.63) is 168 Å². The van der Waals surface area contributed by atoms with Crippen LogP contribution in [0.5, 0.6) is 11.5 Å². The molecule has 0 spiro atoms. The predicted molar refractivity (Wildman–Crippen MR) is 240 cm³/mol. The number of rotatable bonds is 9. The van der Waals surface area contributed by atoms with Gasteiger partial charge in [-0.25, -0.2) is 9.37 Å². The molecule has 9 rings (SSSR count). The molecule has 0 unspecified atom stereocenters. The van der Waals surface area contributed by atoms with Crippen molar-refractivity contribution in [1.82, 2.24) is 9.55 Å². The van der Waals surface area contributed by atoms with E-state index in [1.165, 1.54) is 33.8 Å². The van der Waals surface area contributed by atoms with Gasteiger partial charge >= 0.3 is 0 Å². The van der Waals surface area contributed by atoms with Gasteiger partial charge in [-0.05, 0) is 137 Å². The average molecular weight is 765 g/mol. The molecule has 0 fully saturated rings. The number of fused-ring (bicyclic) bond motifs is 4. The first kappa shape index (κ1) is 37.2. The van der Waals surface area contributed by atoms with Crippen molar-refractivity contribution < 1.29 is 9.13 Å². The number of hydrogen-bond donors (Lipinski definition) is 0. The molecule has 0 aliphatic carbocycles. The second-order valence-electron chi connectivity index (χ2n) is 16.5. The van der Waals surface area contributed by atoms with E-state index in [9.17, 15) is 4.39 Å². The Balaban J connectivity index is 1.13. The fourth-order valence-corrected chi connectivity index (χ4v) is 8.53. The van der Waals surface area contributed by atoms with Gasteiger partial charge in [-0.2, -0.15) is 0 Å². The Morgan fingerprint density at radius 1 is 0.586 bits per heavy atom. The van der Waals surface area contributed by atoms with Gasteiger partial charge in [0.15, 0.2) is 0 Å². The summed E-state index contributed by atoms with van der Waals surface area (Å²) in [6.07, 6.45) is 1.87. The Morgan fingerprint density at radius 3 is 2.00 bits per heavy atom. The fraction of sp³-hybridized carbons (Fsp3) is 0.212. The van der Waals surface area contributed by atoms with Crippen LogP contribution in [-0.4, -0.2) is 16.2 Å². The van der Waals surface area contributed by atoms with Crippen LogP contribution in [0.3, 0.4) is 0 Å². The van der Waals surface area contributed by atoms with Gasteiger partial charge in [0.05, 0.1) is 22.4 Å². The van der Waals surface area contributed by atoms with Crippen LogP contribution in [0.2, 0.25) is 0 Å². The van der Waals surface area contributed by atoms with Crippen LogP contribution < -0.4 is 14.5 Å². The molecule has 0 N–H and O–H groups in total. The van der Waals surface area contributed by atoms with Gasteiger partial charge in [0.2, 0.25) is 0 Å². The Bertz CT molecular complexity index is 2810. The van der Waals surface area contributed by atoms with Gasteiger partial charge in [0, 0.05) is 40.5 Å². The van der Waals surface area contributed by atoms with Gasteiger partial charge in [0.1, 0.15) is 29.8 Å². The quantitative estimate of drug-likeness (QED) is 0.147. The topological polar surface area (TPSA) is 33.5 Å². The lowest BCUT2D eigenvalue weighted by Crippen LogP contribution is -2.26. The fourth-order valence-electron chi connectivity index (χ4n) is 8.53. The first-order valence-corrected chi connectivity index (χ1v) is 20.4. The summed E-state index contributed by atoms with van der Waals surface area (Å²) in [6, 6.07) is 45.9. The van der Waals surface area contributed by atoms with E-state index in [1.54, 1.807) is 12.1 Å². The van der Waals surface area contributed by atoms with Crippen molar-refractivity contribution in [3.63, 3.8) is 0 Å². The molecule has 58 heavy (non-hydrogen) atoms. The molecule has 0 radical (unpaired) electrons. The third kappa shape index (κ3) is 6.66. The molecule has 0 amide bonds. The Kier molecular flexibility index (Phi) is 9.51. The third-order valence-corrected chi connectivity index (χ3v) is 11.5. The molecule has 0 atom stereocenters. The number of halogens is 1. The number of pyridine rings is 1. The number of aryl methyl sites for hydroxylation is 1. The molecule has 6 heteroatoms. The highest BCUT2D eigenvalue weighted by Crippen LogP contribution is 2.50. The van der Waals surface area contributed by atoms with E-state index in [0.717, 1.165) is 67.5 Å². The highest BCUT2D eigenvalue weighted by molar-refractivity contribution is 6.09. The lowest BCUT2D eigenvalue weighted by molar-refractivity contribution is 0.482. The highest BCUT2D eigenvalue weighted by atomic mass is 19.1. The molecule has 3 heterocycles. The van der Waals surface area contributed by atoms with E-state index in [0.29, 0.717) is 6.67 Å². The van der Waals surface area contributed by atoms with Crippen LogP contribution in [-0.2, 0) is 0 Å². The minimum atomic E-state index is -0.224. The Labute approximate surface area is 341 Å². The van der Waals surface area contributed by atoms with Gasteiger partial charge in [0.25, 0.3) is 0 Å². The standard InChI is InChI=1S/C52H49FN4O/c1-32(2)37-25-40(29-42(26-37)58-41-19-20-44-43-15-8-9-16-47(43)57(50(44)30-41)51-23-35(7)21-22-54-51)55-31-56(49-18-11-10-17-48(49)55)52-45(33(3)4)27-38(28-46(52)34(5)6)36-13-12-14-39(53)24-36/h8-30,32-34H,31H2,1-7H3. The summed E-state index contributed by atoms with van der Waals surface area (Å²) >= 11 is 0. The summed E-state index contributed by atoms with van der Waals surface area (Å²) < 4.78 is 23.5. The van der Waals surface area contributed by atoms with Crippen LogP contribution in [0, 0.1) is 12.7 Å². The molecule has 1 aliphatic rings. The molecule has 5 nitrogen and oxygen atoms in total. The number of ether oxygens (including phenoxy) is 1. The van der Waals surface area contributed by atoms with Crippen LogP contribution in [0.25, 0.3) is 38.8 Å². The summed E-state index contributed by atoms with van der Waals surface area (Å²) in [5, 5.41) is 2.33. The van der Waals surface area contributed by atoms with Crippen LogP contribution in [0.4, 0.5) is 27.1 Å². The van der Waals surface area contributed by atoms with E-state index < -0.39 is 0 Å². The second kappa shape index (κ2) is 14.8. The molecule has 1 aliphatic heterocycles. The maximum atomic E-state index is 14.5. The van der Waals surface area contributed by atoms with E-state index in [1.807, 2.05) is 18.3 Å². The van der Waals surface area contributed by atoms with E-state index in [4.69, 9.17) is 9.72 Å². The van der Waals surface area contributed by atoms with E-state index >= 15 is 0 Å². The van der Waals surface area contributed by atoms with Gasteiger partial charge in [-0.1, -0.05) is 84.0 Å². The smallest absolute Gasteiger partial charge is 0.137 e. The van der Waals surface area contributed by atoms with Gasteiger partial charge in [-0.15, -0.1) is 0 Å². The molecule has 2 aromatic heterocycles. The van der Waals surface area contributed by atoms with Crippen molar-refractivity contribution in [2.24, 2.45) is 0 Å². The molecule has 0 saturated carbocycles. The van der Waals surface area contributed by atoms with Crippen LogP contribution in [0.1, 0.15) is 81.5 Å². The maximum Gasteiger partial charge on any atom is 0.137 e. The highest BCUT2D eigenvalue weighted by Gasteiger charge is 2.32. The molecule has 6 aromatic carbocycles. The zero-order chi connectivity index (χ0) is 40.2. The molecule has 8 aromatic rings. The van der Waals surface area contributed by atoms with Crippen molar-refractivity contribution in [3.8, 4) is 28.4 Å². The molecular weight excluding hydrogens is 716 g/mol. The minimum absolute atomic E-state index is 0.224. The van der Waals surface area contributed by atoms with Gasteiger partial charge in [-0.3, -0.25) is 4.57 Å². The molecular formula is C52H49FN4O. The lowest BCUT2D eigenvalue weighted by atomic mass is 9.87. The second-order valence-corrected chi connectivity index (χ2v) is 16.5. The molecule has 0 bridgehead atoms. The maximum absolute atomic E-state index is 14.5. The monoisotopic (exact) mass is 764 g/mol. The summed E-state index contributed by atoms with van der Waals surface area (Å²) in [4.78, 5) is 9.67. The lowest BCUT2D eigenvalue weighted by Gasteiger charge is -2.30.